The Balaban J connectivity index is 2.37. The highest BCUT2D eigenvalue weighted by atomic mass is 32.2. The molecule has 0 saturated carbocycles. The molecule has 0 aromatic heterocycles. The summed E-state index contributed by atoms with van der Waals surface area (Å²) in [4.78, 5) is 0. The molecule has 0 aromatic rings. The summed E-state index contributed by atoms with van der Waals surface area (Å²) in [5, 5.41) is 3.47. The van der Waals surface area contributed by atoms with Gasteiger partial charge in [-0.2, -0.15) is 0 Å². The lowest BCUT2D eigenvalue weighted by Gasteiger charge is -2.23. The second-order valence-electron chi connectivity index (χ2n) is 5.18. The number of sulfone groups is 1. The summed E-state index contributed by atoms with van der Waals surface area (Å²) in [6, 6.07) is 0.411. The SMILES string of the molecule is CCCCCCC(NCC)C1CCS(=O)(=O)C1. The maximum Gasteiger partial charge on any atom is 0.150 e. The van der Waals surface area contributed by atoms with E-state index in [1.165, 1.54) is 25.7 Å². The first kappa shape index (κ1) is 15.0. The van der Waals surface area contributed by atoms with Gasteiger partial charge in [-0.25, -0.2) is 8.42 Å². The van der Waals surface area contributed by atoms with Gasteiger partial charge in [0.05, 0.1) is 11.5 Å². The van der Waals surface area contributed by atoms with Crippen LogP contribution in [-0.2, 0) is 9.84 Å². The Morgan fingerprint density at radius 3 is 2.53 bits per heavy atom. The maximum absolute atomic E-state index is 11.5. The Morgan fingerprint density at radius 2 is 2.00 bits per heavy atom. The van der Waals surface area contributed by atoms with Crippen LogP contribution < -0.4 is 5.32 Å². The molecule has 0 aromatic carbocycles. The molecule has 2 atom stereocenters. The second-order valence-corrected chi connectivity index (χ2v) is 7.41. The number of nitrogens with one attached hydrogen (secondary N) is 1. The molecule has 0 spiro atoms. The third-order valence-corrected chi connectivity index (χ3v) is 5.47. The highest BCUT2D eigenvalue weighted by Crippen LogP contribution is 2.24. The van der Waals surface area contributed by atoms with Crippen molar-refractivity contribution in [3.8, 4) is 0 Å². The highest BCUT2D eigenvalue weighted by Gasteiger charge is 2.32. The zero-order valence-corrected chi connectivity index (χ0v) is 12.1. The first-order valence-electron chi connectivity index (χ1n) is 7.03. The normalized spacial score (nSPS) is 24.9. The molecule has 1 N–H and O–H groups in total. The van der Waals surface area contributed by atoms with Crippen molar-refractivity contribution in [1.29, 1.82) is 0 Å². The smallest absolute Gasteiger partial charge is 0.150 e. The second kappa shape index (κ2) is 7.37. The van der Waals surface area contributed by atoms with Crippen molar-refractivity contribution < 1.29 is 8.42 Å². The minimum Gasteiger partial charge on any atom is -0.314 e. The van der Waals surface area contributed by atoms with Crippen molar-refractivity contribution in [2.45, 2.75) is 58.4 Å². The molecule has 3 nitrogen and oxygen atoms in total. The van der Waals surface area contributed by atoms with Gasteiger partial charge < -0.3 is 5.32 Å². The fourth-order valence-corrected chi connectivity index (χ4v) is 4.58. The average Bonchev–Trinajstić information content (AvgIpc) is 2.63. The van der Waals surface area contributed by atoms with Gasteiger partial charge in [-0.3, -0.25) is 0 Å². The van der Waals surface area contributed by atoms with Crippen LogP contribution in [0.2, 0.25) is 0 Å². The zero-order chi connectivity index (χ0) is 12.7. The van der Waals surface area contributed by atoms with E-state index in [0.717, 1.165) is 19.4 Å². The highest BCUT2D eigenvalue weighted by molar-refractivity contribution is 7.91. The largest absolute Gasteiger partial charge is 0.314 e. The molecule has 1 saturated heterocycles. The number of unbranched alkanes of at least 4 members (excludes halogenated alkanes) is 3. The molecule has 2 unspecified atom stereocenters. The summed E-state index contributed by atoms with van der Waals surface area (Å²) in [5.74, 6) is 1.15. The molecule has 0 bridgehead atoms. The van der Waals surface area contributed by atoms with Crippen LogP contribution in [0.1, 0.15) is 52.4 Å². The molecular formula is C13H27NO2S. The molecule has 0 aliphatic carbocycles. The lowest BCUT2D eigenvalue weighted by atomic mass is 9.94. The van der Waals surface area contributed by atoms with Crippen LogP contribution in [0.15, 0.2) is 0 Å². The molecular weight excluding hydrogens is 234 g/mol. The van der Waals surface area contributed by atoms with Gasteiger partial charge in [-0.05, 0) is 25.3 Å². The molecule has 0 amide bonds. The number of rotatable bonds is 8. The molecule has 1 heterocycles. The van der Waals surface area contributed by atoms with E-state index in [9.17, 15) is 8.42 Å². The first-order chi connectivity index (χ1) is 8.09. The molecule has 17 heavy (non-hydrogen) atoms. The van der Waals surface area contributed by atoms with Gasteiger partial charge in [0, 0.05) is 6.04 Å². The quantitative estimate of drug-likeness (QED) is 0.682. The van der Waals surface area contributed by atoms with Crippen LogP contribution >= 0.6 is 0 Å². The monoisotopic (exact) mass is 261 g/mol. The summed E-state index contributed by atoms with van der Waals surface area (Å²) in [6.45, 7) is 5.25. The number of hydrogen-bond donors (Lipinski definition) is 1. The zero-order valence-electron chi connectivity index (χ0n) is 11.2. The summed E-state index contributed by atoms with van der Waals surface area (Å²) >= 11 is 0. The van der Waals surface area contributed by atoms with Crippen LogP contribution in [0, 0.1) is 5.92 Å². The summed E-state index contributed by atoms with van der Waals surface area (Å²) in [5.41, 5.74) is 0. The standard InChI is InChI=1S/C13H27NO2S/c1-3-5-6-7-8-13(14-4-2)12-9-10-17(15,16)11-12/h12-14H,3-11H2,1-2H3. The Labute approximate surface area is 106 Å². The summed E-state index contributed by atoms with van der Waals surface area (Å²) in [7, 11) is -2.73. The van der Waals surface area contributed by atoms with E-state index in [1.54, 1.807) is 0 Å². The van der Waals surface area contributed by atoms with Gasteiger partial charge >= 0.3 is 0 Å². The Morgan fingerprint density at radius 1 is 1.24 bits per heavy atom. The minimum absolute atomic E-state index is 0.349. The van der Waals surface area contributed by atoms with Crippen LogP contribution in [-0.4, -0.2) is 32.5 Å². The van der Waals surface area contributed by atoms with Gasteiger partial charge in [0.25, 0.3) is 0 Å². The Kier molecular flexibility index (Phi) is 6.49. The van der Waals surface area contributed by atoms with Crippen LogP contribution in [0.3, 0.4) is 0 Å². The Hall–Kier alpha value is -0.0900. The Bertz CT molecular complexity index is 301. The fourth-order valence-electron chi connectivity index (χ4n) is 2.70. The maximum atomic E-state index is 11.5. The molecule has 4 heteroatoms. The average molecular weight is 261 g/mol. The molecule has 102 valence electrons. The third kappa shape index (κ3) is 5.38. The van der Waals surface area contributed by atoms with E-state index in [4.69, 9.17) is 0 Å². The van der Waals surface area contributed by atoms with Crippen molar-refractivity contribution >= 4 is 9.84 Å². The van der Waals surface area contributed by atoms with Gasteiger partial charge in [0.2, 0.25) is 0 Å². The molecule has 1 aliphatic rings. The topological polar surface area (TPSA) is 46.2 Å². The van der Waals surface area contributed by atoms with Crippen LogP contribution in [0.4, 0.5) is 0 Å². The van der Waals surface area contributed by atoms with Crippen molar-refractivity contribution in [3.63, 3.8) is 0 Å². The van der Waals surface area contributed by atoms with Crippen LogP contribution in [0.25, 0.3) is 0 Å². The molecule has 1 rings (SSSR count). The van der Waals surface area contributed by atoms with Crippen molar-refractivity contribution in [2.75, 3.05) is 18.1 Å². The van der Waals surface area contributed by atoms with Gasteiger partial charge in [0.15, 0.2) is 9.84 Å². The van der Waals surface area contributed by atoms with Gasteiger partial charge in [0.1, 0.15) is 0 Å². The predicted molar refractivity (Wildman–Crippen MR) is 73.0 cm³/mol. The van der Waals surface area contributed by atoms with E-state index in [1.807, 2.05) is 0 Å². The lowest BCUT2D eigenvalue weighted by molar-refractivity contribution is 0.356. The summed E-state index contributed by atoms with van der Waals surface area (Å²) in [6.07, 6.45) is 7.03. The number of hydrogen-bond acceptors (Lipinski definition) is 3. The van der Waals surface area contributed by atoms with Crippen molar-refractivity contribution in [2.24, 2.45) is 5.92 Å². The third-order valence-electron chi connectivity index (χ3n) is 3.67. The fraction of sp³-hybridized carbons (Fsp3) is 1.00. The van der Waals surface area contributed by atoms with Gasteiger partial charge in [-0.1, -0.05) is 39.5 Å². The van der Waals surface area contributed by atoms with E-state index in [0.29, 0.717) is 23.5 Å². The summed E-state index contributed by atoms with van der Waals surface area (Å²) < 4.78 is 23.0. The molecule has 0 radical (unpaired) electrons. The van der Waals surface area contributed by atoms with Crippen molar-refractivity contribution in [3.05, 3.63) is 0 Å². The lowest BCUT2D eigenvalue weighted by Crippen LogP contribution is -2.36. The van der Waals surface area contributed by atoms with E-state index in [2.05, 4.69) is 19.2 Å². The first-order valence-corrected chi connectivity index (χ1v) is 8.85. The molecule has 1 fully saturated rings. The minimum atomic E-state index is -2.73. The predicted octanol–water partition coefficient (Wildman–Crippen LogP) is 2.37. The molecule has 1 aliphatic heterocycles. The van der Waals surface area contributed by atoms with Crippen LogP contribution in [0.5, 0.6) is 0 Å². The van der Waals surface area contributed by atoms with E-state index in [-0.39, 0.29) is 0 Å². The van der Waals surface area contributed by atoms with E-state index < -0.39 is 9.84 Å². The van der Waals surface area contributed by atoms with Crippen molar-refractivity contribution in [1.82, 2.24) is 5.32 Å². The van der Waals surface area contributed by atoms with Gasteiger partial charge in [-0.15, -0.1) is 0 Å². The van der Waals surface area contributed by atoms with E-state index >= 15 is 0 Å².